The van der Waals surface area contributed by atoms with Crippen molar-refractivity contribution in [3.8, 4) is 0 Å². The van der Waals surface area contributed by atoms with Crippen LogP contribution in [-0.2, 0) is 23.9 Å². The van der Waals surface area contributed by atoms with E-state index in [1.807, 2.05) is 37.3 Å². The summed E-state index contributed by atoms with van der Waals surface area (Å²) in [6.45, 7) is 7.16. The highest BCUT2D eigenvalue weighted by Crippen LogP contribution is 2.28. The van der Waals surface area contributed by atoms with E-state index in [0.717, 1.165) is 12.8 Å². The molecule has 22 heteroatoms. The molecule has 20 atom stereocenters. The van der Waals surface area contributed by atoms with Gasteiger partial charge in [-0.05, 0) is 84.1 Å². The van der Waals surface area contributed by atoms with Gasteiger partial charge in [-0.25, -0.2) is 0 Å². The standard InChI is InChI=1S/C70H108N2O20/c1-46(27-20-16-12-8-5-6-11-15-19-23-35-64(86)72-65-60(83)36-37-61(65)84)66(87)48(3)59(82)33-21-17-13-9-7-10-14-18-22-34-63(92-70-69(90)68(89)67(88)49(4)91-70)47(2)62(85)45-58(81)44-57(80)42-53(76)31-25-30-52(75)41-56(79)43-55(78)40-51(74)29-24-28-50(73)39-54(77)32-26-38-71/h5-11,13-15,17-25,27,29,31,33,35,46-59,63,66-70,73-83,87-90H,12,16,26,28,30,32,34,36-45,71H2,1-4H3,(H,72,86)/b8-5+,9-7+,11-6+,14-10+,17-13+,19-15+,22-18+,27-20+,29-24+,31-25+,33-21+,35-23+/t46-,47-,48-,49-,50-,51-,52-,53-,54+,55+,56-,57+,58+,59-,63+,66+,67-,68+,69-,70+/m0/s1. The molecule has 1 fully saturated rings. The number of aliphatic hydroxyl groups excluding tert-OH is 15. The monoisotopic (exact) mass is 1300 g/mol. The summed E-state index contributed by atoms with van der Waals surface area (Å²) in [4.78, 5) is 37.2. The molecule has 92 heavy (non-hydrogen) atoms. The average Bonchev–Trinajstić information content (AvgIpc) is 1.06. The maximum atomic E-state index is 13.6. The van der Waals surface area contributed by atoms with E-state index in [2.05, 4.69) is 5.32 Å². The number of unbranched alkanes of at least 4 members (excludes halogenated alkanes) is 1. The number of carbonyl (C=O) groups is 3. The van der Waals surface area contributed by atoms with Crippen molar-refractivity contribution in [2.24, 2.45) is 23.5 Å². The molecule has 1 saturated heterocycles. The summed E-state index contributed by atoms with van der Waals surface area (Å²) in [5.74, 6) is -2.90. The van der Waals surface area contributed by atoms with Gasteiger partial charge in [0, 0.05) is 55.9 Å². The first kappa shape index (κ1) is 82.6. The van der Waals surface area contributed by atoms with Gasteiger partial charge in [0.25, 0.3) is 0 Å². The lowest BCUT2D eigenvalue weighted by atomic mass is 9.88. The Kier molecular flexibility index (Phi) is 42.6. The van der Waals surface area contributed by atoms with E-state index in [1.54, 1.807) is 98.9 Å². The third-order valence-corrected chi connectivity index (χ3v) is 15.6. The zero-order chi connectivity index (χ0) is 68.5. The quantitative estimate of drug-likeness (QED) is 0.0177. The van der Waals surface area contributed by atoms with Crippen LogP contribution >= 0.6 is 0 Å². The van der Waals surface area contributed by atoms with Crippen molar-refractivity contribution >= 4 is 17.5 Å². The van der Waals surface area contributed by atoms with Crippen molar-refractivity contribution in [2.75, 3.05) is 6.54 Å². The van der Waals surface area contributed by atoms with Crippen LogP contribution in [0.4, 0.5) is 0 Å². The lowest BCUT2D eigenvalue weighted by molar-refractivity contribution is -0.306. The fourth-order valence-electron chi connectivity index (χ4n) is 9.94. The molecule has 518 valence electrons. The van der Waals surface area contributed by atoms with E-state index < -0.39 is 134 Å². The molecule has 1 aliphatic carbocycles. The molecule has 1 heterocycles. The molecule has 0 unspecified atom stereocenters. The molecule has 0 spiro atoms. The minimum atomic E-state index is -1.65. The van der Waals surface area contributed by atoms with Gasteiger partial charge in [0.1, 0.15) is 35.6 Å². The molecule has 2 aliphatic rings. The van der Waals surface area contributed by atoms with Gasteiger partial charge >= 0.3 is 0 Å². The molecule has 0 aromatic rings. The van der Waals surface area contributed by atoms with Gasteiger partial charge in [-0.3, -0.25) is 14.4 Å². The van der Waals surface area contributed by atoms with Crippen LogP contribution in [0.2, 0.25) is 0 Å². The van der Waals surface area contributed by atoms with E-state index in [4.69, 9.17) is 15.2 Å². The highest BCUT2D eigenvalue weighted by atomic mass is 16.7. The minimum absolute atomic E-state index is 0.0207. The molecule has 2 rings (SSSR count). The molecular formula is C70H108N2O20. The van der Waals surface area contributed by atoms with Gasteiger partial charge in [0.2, 0.25) is 5.91 Å². The Balaban J connectivity index is 1.81. The van der Waals surface area contributed by atoms with Crippen molar-refractivity contribution in [2.45, 2.75) is 234 Å². The number of aliphatic hydroxyl groups is 15. The summed E-state index contributed by atoms with van der Waals surface area (Å²) in [5.41, 5.74) is 5.40. The lowest BCUT2D eigenvalue weighted by Gasteiger charge is -2.41. The summed E-state index contributed by atoms with van der Waals surface area (Å²) in [6.07, 6.45) is 23.8. The smallest absolute Gasteiger partial charge is 0.248 e. The second kappa shape index (κ2) is 47.4. The number of ether oxygens (including phenoxy) is 2. The Morgan fingerprint density at radius 1 is 0.576 bits per heavy atom. The minimum Gasteiger partial charge on any atom is -0.510 e. The normalized spacial score (nSPS) is 24.1. The first-order valence-electron chi connectivity index (χ1n) is 32.1. The maximum absolute atomic E-state index is 13.6. The fraction of sp³-hybridized carbons (Fsp3) is 0.586. The van der Waals surface area contributed by atoms with Gasteiger partial charge in [-0.15, -0.1) is 0 Å². The lowest BCUT2D eigenvalue weighted by Crippen LogP contribution is -2.58. The van der Waals surface area contributed by atoms with Crippen LogP contribution in [0.3, 0.4) is 0 Å². The number of hydrogen-bond donors (Lipinski definition) is 17. The van der Waals surface area contributed by atoms with Gasteiger partial charge in [-0.2, -0.15) is 0 Å². The molecule has 0 saturated carbocycles. The van der Waals surface area contributed by atoms with Crippen LogP contribution in [0.25, 0.3) is 0 Å². The van der Waals surface area contributed by atoms with Crippen LogP contribution in [0.5, 0.6) is 0 Å². The predicted molar refractivity (Wildman–Crippen MR) is 351 cm³/mol. The number of nitrogens with one attached hydrogen (secondary N) is 1. The van der Waals surface area contributed by atoms with Crippen molar-refractivity contribution < 1.29 is 100 Å². The fourth-order valence-corrected chi connectivity index (χ4v) is 9.94. The number of hydrogen-bond acceptors (Lipinski definition) is 21. The molecular weight excluding hydrogens is 1190 g/mol. The molecule has 22 nitrogen and oxygen atoms in total. The number of amides is 1. The van der Waals surface area contributed by atoms with Gasteiger partial charge in [0.15, 0.2) is 12.1 Å². The molecule has 0 radical (unpaired) electrons. The largest absolute Gasteiger partial charge is 0.510 e. The third kappa shape index (κ3) is 35.7. The van der Waals surface area contributed by atoms with Gasteiger partial charge in [0.05, 0.1) is 79.4 Å². The molecule has 0 aromatic heterocycles. The van der Waals surface area contributed by atoms with E-state index >= 15 is 0 Å². The Bertz CT molecular complexity index is 2520. The summed E-state index contributed by atoms with van der Waals surface area (Å²) >= 11 is 0. The number of rotatable bonds is 46. The number of carbonyl (C=O) groups excluding carboxylic acids is 3. The van der Waals surface area contributed by atoms with E-state index in [-0.39, 0.29) is 93.8 Å². The summed E-state index contributed by atoms with van der Waals surface area (Å²) in [6, 6.07) is 0. The van der Waals surface area contributed by atoms with Crippen molar-refractivity contribution in [1.82, 2.24) is 5.32 Å². The topological polar surface area (TPSA) is 411 Å². The highest BCUT2D eigenvalue weighted by molar-refractivity contribution is 6.03. The first-order chi connectivity index (χ1) is 43.7. The molecule has 1 amide bonds. The molecule has 1 aliphatic heterocycles. The Morgan fingerprint density at radius 2 is 1.09 bits per heavy atom. The number of ketones is 2. The van der Waals surface area contributed by atoms with Gasteiger partial charge < -0.3 is 97.1 Å². The van der Waals surface area contributed by atoms with Crippen LogP contribution in [-0.4, -0.2) is 205 Å². The Labute approximate surface area is 542 Å². The Hall–Kier alpha value is -5.45. The highest BCUT2D eigenvalue weighted by Gasteiger charge is 2.44. The van der Waals surface area contributed by atoms with Crippen LogP contribution in [0, 0.1) is 17.8 Å². The third-order valence-electron chi connectivity index (χ3n) is 15.6. The molecule has 18 N–H and O–H groups in total. The van der Waals surface area contributed by atoms with Crippen LogP contribution in [0.15, 0.2) is 157 Å². The number of Topliss-reactive ketones (excluding diaryl/α,β-unsaturated/α-hetero) is 2. The first-order valence-corrected chi connectivity index (χ1v) is 32.1. The second-order valence-corrected chi connectivity index (χ2v) is 23.9. The zero-order valence-corrected chi connectivity index (χ0v) is 53.8. The number of nitrogens with two attached hydrogens (primary N) is 1. The van der Waals surface area contributed by atoms with Crippen LogP contribution in [0.1, 0.15) is 130 Å². The van der Waals surface area contributed by atoms with E-state index in [1.165, 1.54) is 37.3 Å². The number of allylic oxidation sites excluding steroid dienone is 18. The molecule has 0 bridgehead atoms. The summed E-state index contributed by atoms with van der Waals surface area (Å²) in [5, 5.41) is 159. The van der Waals surface area contributed by atoms with E-state index in [0.29, 0.717) is 19.4 Å². The zero-order valence-electron chi connectivity index (χ0n) is 53.8. The summed E-state index contributed by atoms with van der Waals surface area (Å²) in [7, 11) is 0. The maximum Gasteiger partial charge on any atom is 0.248 e. The van der Waals surface area contributed by atoms with Crippen molar-refractivity contribution in [1.29, 1.82) is 0 Å². The van der Waals surface area contributed by atoms with Crippen LogP contribution < -0.4 is 11.1 Å². The predicted octanol–water partition coefficient (Wildman–Crippen LogP) is 3.99. The SMILES string of the molecule is C[C@H]([C@H](O)[C@@H](C)/C=C/CC/C=C/C=C/C=C/C=C/C(=O)NC1=C(O)CCC1=O)[C@@H](O)/C=C/C=C/C=C/C=C/C=C/C[C@@H](O[C@H]1O[C@@H](C)[C@H](O)[C@@H](O)[C@@H]1O)[C@@H](C)C(=O)C[C@H](O)C[C@H](O)C[C@@H](O)/C=C/C[C@H](O)C[C@H](O)C[C@H](O)C[C@@H](O)/C=C/C[C@H](O)C[C@H](O)CCCN. The second-order valence-electron chi connectivity index (χ2n) is 23.9. The van der Waals surface area contributed by atoms with Gasteiger partial charge in [-0.1, -0.05) is 161 Å². The summed E-state index contributed by atoms with van der Waals surface area (Å²) < 4.78 is 11.7. The Morgan fingerprint density at radius 3 is 1.66 bits per heavy atom. The average molecular weight is 1300 g/mol. The van der Waals surface area contributed by atoms with E-state index in [9.17, 15) is 91.0 Å². The van der Waals surface area contributed by atoms with Crippen molar-refractivity contribution in [3.05, 3.63) is 157 Å². The molecule has 0 aromatic carbocycles. The van der Waals surface area contributed by atoms with Crippen molar-refractivity contribution in [3.63, 3.8) is 0 Å².